The molecule has 4 rings (SSSR count). The summed E-state index contributed by atoms with van der Waals surface area (Å²) < 4.78 is 16.1. The van der Waals surface area contributed by atoms with Crippen LogP contribution in [0.1, 0.15) is 22.4 Å². The molecule has 0 fully saturated rings. The van der Waals surface area contributed by atoms with E-state index in [1.807, 2.05) is 0 Å². The van der Waals surface area contributed by atoms with Gasteiger partial charge >= 0.3 is 6.03 Å². The molecule has 9 heteroatoms. The van der Waals surface area contributed by atoms with E-state index in [1.165, 1.54) is 32.5 Å². The normalized spacial score (nSPS) is 12.6. The van der Waals surface area contributed by atoms with Gasteiger partial charge in [-0.1, -0.05) is 6.07 Å². The van der Waals surface area contributed by atoms with Crippen LogP contribution in [0.4, 0.5) is 22.1 Å². The van der Waals surface area contributed by atoms with Gasteiger partial charge in [-0.15, -0.1) is 0 Å². The summed E-state index contributed by atoms with van der Waals surface area (Å²) >= 11 is 0. The van der Waals surface area contributed by atoms with Gasteiger partial charge in [0.25, 0.3) is 0 Å². The summed E-state index contributed by atoms with van der Waals surface area (Å²) in [4.78, 5) is 23.8. The largest absolute Gasteiger partial charge is 0.493 e. The van der Waals surface area contributed by atoms with Crippen molar-refractivity contribution in [1.82, 2.24) is 14.9 Å². The van der Waals surface area contributed by atoms with Gasteiger partial charge in [0.2, 0.25) is 11.7 Å². The van der Waals surface area contributed by atoms with Gasteiger partial charge in [-0.05, 0) is 37.1 Å². The Morgan fingerprint density at radius 1 is 0.941 bits per heavy atom. The van der Waals surface area contributed by atoms with Gasteiger partial charge in [0.1, 0.15) is 0 Å². The lowest BCUT2D eigenvalue weighted by Gasteiger charge is -2.28. The smallest absolute Gasteiger partial charge is 0.322 e. The minimum Gasteiger partial charge on any atom is -0.493 e. The van der Waals surface area contributed by atoms with Crippen molar-refractivity contribution in [1.29, 1.82) is 0 Å². The van der Waals surface area contributed by atoms with Crippen molar-refractivity contribution < 1.29 is 19.0 Å². The van der Waals surface area contributed by atoms with Gasteiger partial charge in [0.15, 0.2) is 11.5 Å². The van der Waals surface area contributed by atoms with Crippen LogP contribution in [0, 0.1) is 13.8 Å². The molecule has 3 aromatic rings. The summed E-state index contributed by atoms with van der Waals surface area (Å²) in [6.45, 7) is 5.09. The number of hydrogen-bond donors (Lipinski definition) is 2. The number of benzene rings is 2. The zero-order chi connectivity index (χ0) is 24.2. The lowest BCUT2D eigenvalue weighted by atomic mass is 10.1. The highest BCUT2D eigenvalue weighted by molar-refractivity contribution is 5.90. The van der Waals surface area contributed by atoms with Crippen molar-refractivity contribution in [2.24, 2.45) is 0 Å². The van der Waals surface area contributed by atoms with Gasteiger partial charge in [0.05, 0.1) is 39.3 Å². The highest BCUT2D eigenvalue weighted by Crippen LogP contribution is 2.40. The standard InChI is InChI=1S/C25H29N5O4/c1-15-8-16(2)10-18(9-15)27-24-26-13-17-14-30(7-6-20(17)29-24)25(31)28-19-11-21(32-3)23(34-5)22(12-19)33-4/h8-13H,6-7,14H2,1-5H3,(H,28,31)(H,26,27,29). The summed E-state index contributed by atoms with van der Waals surface area (Å²) in [5.74, 6) is 1.97. The zero-order valence-electron chi connectivity index (χ0n) is 20.1. The second kappa shape index (κ2) is 9.86. The number of nitrogens with zero attached hydrogens (tertiary/aromatic N) is 3. The topological polar surface area (TPSA) is 97.8 Å². The second-order valence-corrected chi connectivity index (χ2v) is 8.18. The van der Waals surface area contributed by atoms with Crippen molar-refractivity contribution in [3.63, 3.8) is 0 Å². The summed E-state index contributed by atoms with van der Waals surface area (Å²) in [5, 5.41) is 6.20. The Balaban J connectivity index is 1.45. The number of methoxy groups -OCH3 is 3. The van der Waals surface area contributed by atoms with Gasteiger partial charge < -0.3 is 29.7 Å². The van der Waals surface area contributed by atoms with Crippen LogP contribution in [-0.4, -0.2) is 48.8 Å². The first-order valence-electron chi connectivity index (χ1n) is 11.0. The Hall–Kier alpha value is -4.01. The first-order valence-corrected chi connectivity index (χ1v) is 11.0. The van der Waals surface area contributed by atoms with E-state index in [0.29, 0.717) is 48.4 Å². The van der Waals surface area contributed by atoms with E-state index in [4.69, 9.17) is 14.2 Å². The van der Waals surface area contributed by atoms with E-state index in [0.717, 1.165) is 16.9 Å². The number of carbonyl (C=O) groups excluding carboxylic acids is 1. The van der Waals surface area contributed by atoms with Crippen molar-refractivity contribution in [2.75, 3.05) is 38.5 Å². The maximum Gasteiger partial charge on any atom is 0.322 e. The monoisotopic (exact) mass is 463 g/mol. The quantitative estimate of drug-likeness (QED) is 0.557. The molecular formula is C25H29N5O4. The maximum atomic E-state index is 13.0. The van der Waals surface area contributed by atoms with Crippen molar-refractivity contribution in [3.8, 4) is 17.2 Å². The molecule has 1 aromatic heterocycles. The zero-order valence-corrected chi connectivity index (χ0v) is 20.1. The number of ether oxygens (including phenoxy) is 3. The molecule has 1 aliphatic heterocycles. The molecule has 0 atom stereocenters. The Morgan fingerprint density at radius 3 is 2.24 bits per heavy atom. The molecular weight excluding hydrogens is 434 g/mol. The summed E-state index contributed by atoms with van der Waals surface area (Å²) in [5.41, 5.74) is 5.73. The fraction of sp³-hybridized carbons (Fsp3) is 0.320. The Bertz CT molecular complexity index is 1170. The highest BCUT2D eigenvalue weighted by atomic mass is 16.5. The van der Waals surface area contributed by atoms with E-state index in [9.17, 15) is 4.79 Å². The van der Waals surface area contributed by atoms with Crippen molar-refractivity contribution in [3.05, 3.63) is 58.9 Å². The number of aryl methyl sites for hydroxylation is 2. The van der Waals surface area contributed by atoms with Crippen LogP contribution in [0.3, 0.4) is 0 Å². The molecule has 0 radical (unpaired) electrons. The number of urea groups is 1. The molecule has 0 unspecified atom stereocenters. The molecule has 0 saturated heterocycles. The van der Waals surface area contributed by atoms with E-state index in [2.05, 4.69) is 52.6 Å². The molecule has 2 aromatic carbocycles. The van der Waals surface area contributed by atoms with Gasteiger partial charge in [-0.25, -0.2) is 14.8 Å². The summed E-state index contributed by atoms with van der Waals surface area (Å²) in [6.07, 6.45) is 2.42. The molecule has 0 bridgehead atoms. The van der Waals surface area contributed by atoms with E-state index < -0.39 is 0 Å². The summed E-state index contributed by atoms with van der Waals surface area (Å²) in [7, 11) is 4.61. The first kappa shape index (κ1) is 23.2. The van der Waals surface area contributed by atoms with Gasteiger partial charge in [0, 0.05) is 42.5 Å². The third-order valence-corrected chi connectivity index (χ3v) is 5.61. The lowest BCUT2D eigenvalue weighted by molar-refractivity contribution is 0.206. The van der Waals surface area contributed by atoms with Gasteiger partial charge in [-0.3, -0.25) is 0 Å². The highest BCUT2D eigenvalue weighted by Gasteiger charge is 2.23. The predicted octanol–water partition coefficient (Wildman–Crippen LogP) is 4.45. The number of aromatic nitrogens is 2. The van der Waals surface area contributed by atoms with Crippen LogP contribution in [-0.2, 0) is 13.0 Å². The minimum atomic E-state index is -0.225. The molecule has 0 spiro atoms. The number of rotatable bonds is 6. The van der Waals surface area contributed by atoms with Crippen LogP contribution in [0.5, 0.6) is 17.2 Å². The summed E-state index contributed by atoms with van der Waals surface area (Å²) in [6, 6.07) is 9.42. The molecule has 0 saturated carbocycles. The molecule has 9 nitrogen and oxygen atoms in total. The number of fused-ring (bicyclic) bond motifs is 1. The molecule has 178 valence electrons. The second-order valence-electron chi connectivity index (χ2n) is 8.18. The third kappa shape index (κ3) is 4.98. The SMILES string of the molecule is COc1cc(NC(=O)N2CCc3nc(Nc4cc(C)cc(C)c4)ncc3C2)cc(OC)c1OC. The van der Waals surface area contributed by atoms with E-state index in [-0.39, 0.29) is 6.03 Å². The predicted molar refractivity (Wildman–Crippen MR) is 130 cm³/mol. The average molecular weight is 464 g/mol. The maximum absolute atomic E-state index is 13.0. The van der Waals surface area contributed by atoms with Crippen molar-refractivity contribution >= 4 is 23.4 Å². The molecule has 0 aliphatic carbocycles. The number of nitrogens with one attached hydrogen (secondary N) is 2. The number of carbonyl (C=O) groups is 1. The molecule has 2 amide bonds. The Kier molecular flexibility index (Phi) is 6.72. The first-order chi connectivity index (χ1) is 16.4. The van der Waals surface area contributed by atoms with Gasteiger partial charge in [-0.2, -0.15) is 0 Å². The Labute approximate surface area is 199 Å². The fourth-order valence-corrected chi connectivity index (χ4v) is 4.08. The third-order valence-electron chi connectivity index (χ3n) is 5.61. The number of amides is 2. The van der Waals surface area contributed by atoms with Crippen molar-refractivity contribution in [2.45, 2.75) is 26.8 Å². The van der Waals surface area contributed by atoms with Crippen LogP contribution in [0.2, 0.25) is 0 Å². The molecule has 2 heterocycles. The van der Waals surface area contributed by atoms with E-state index in [1.54, 1.807) is 23.2 Å². The van der Waals surface area contributed by atoms with Crippen LogP contribution in [0.15, 0.2) is 36.5 Å². The Morgan fingerprint density at radius 2 is 1.62 bits per heavy atom. The molecule has 34 heavy (non-hydrogen) atoms. The number of hydrogen-bond acceptors (Lipinski definition) is 7. The van der Waals surface area contributed by atoms with Crippen LogP contribution in [0.25, 0.3) is 0 Å². The minimum absolute atomic E-state index is 0.225. The van der Waals surface area contributed by atoms with Crippen LogP contribution >= 0.6 is 0 Å². The average Bonchev–Trinajstić information content (AvgIpc) is 2.82. The fourth-order valence-electron chi connectivity index (χ4n) is 4.08. The lowest BCUT2D eigenvalue weighted by Crippen LogP contribution is -2.39. The van der Waals surface area contributed by atoms with Crippen LogP contribution < -0.4 is 24.8 Å². The molecule has 2 N–H and O–H groups in total. The van der Waals surface area contributed by atoms with E-state index >= 15 is 0 Å². The number of anilines is 3. The molecule has 1 aliphatic rings.